The Bertz CT molecular complexity index is 1030. The van der Waals surface area contributed by atoms with Crippen LogP contribution < -0.4 is 20.2 Å². The number of hydrogen-bond donors (Lipinski definition) is 1. The van der Waals surface area contributed by atoms with E-state index in [1.54, 1.807) is 36.7 Å². The monoisotopic (exact) mass is 337 g/mol. The summed E-state index contributed by atoms with van der Waals surface area (Å²) in [7, 11) is 0. The van der Waals surface area contributed by atoms with E-state index in [4.69, 9.17) is 9.47 Å². The molecule has 1 aliphatic heterocycles. The van der Waals surface area contributed by atoms with Gasteiger partial charge in [-0.25, -0.2) is 0 Å². The molecule has 0 radical (unpaired) electrons. The molecule has 0 saturated heterocycles. The third kappa shape index (κ3) is 2.59. The van der Waals surface area contributed by atoms with E-state index in [9.17, 15) is 9.59 Å². The fourth-order valence-electron chi connectivity index (χ4n) is 2.84. The average Bonchev–Trinajstić information content (AvgIpc) is 3.09. The van der Waals surface area contributed by atoms with Crippen LogP contribution in [0.4, 0.5) is 5.69 Å². The Morgan fingerprint density at radius 1 is 1.32 bits per heavy atom. The smallest absolute Gasteiger partial charge is 0.261 e. The van der Waals surface area contributed by atoms with Crippen LogP contribution in [0.5, 0.6) is 11.5 Å². The maximum Gasteiger partial charge on any atom is 0.261 e. The Kier molecular flexibility index (Phi) is 3.61. The van der Waals surface area contributed by atoms with Crippen molar-refractivity contribution in [2.45, 2.75) is 13.5 Å². The lowest BCUT2D eigenvalue weighted by Gasteiger charge is -2.12. The predicted molar refractivity (Wildman–Crippen MR) is 92.2 cm³/mol. The number of pyridine rings is 2. The van der Waals surface area contributed by atoms with Crippen molar-refractivity contribution < 1.29 is 14.3 Å². The van der Waals surface area contributed by atoms with Crippen molar-refractivity contribution in [1.29, 1.82) is 0 Å². The summed E-state index contributed by atoms with van der Waals surface area (Å²) in [6.07, 6.45) is 4.70. The second-order valence-corrected chi connectivity index (χ2v) is 5.58. The van der Waals surface area contributed by atoms with Gasteiger partial charge in [-0.2, -0.15) is 0 Å². The highest BCUT2D eigenvalue weighted by atomic mass is 16.7. The zero-order valence-electron chi connectivity index (χ0n) is 13.5. The zero-order chi connectivity index (χ0) is 17.4. The molecule has 0 spiro atoms. The van der Waals surface area contributed by atoms with Crippen LogP contribution >= 0.6 is 0 Å². The van der Waals surface area contributed by atoms with E-state index >= 15 is 0 Å². The Morgan fingerprint density at radius 3 is 2.84 bits per heavy atom. The molecule has 1 aliphatic rings. The molecule has 4 rings (SSSR count). The molecule has 126 valence electrons. The van der Waals surface area contributed by atoms with Crippen molar-refractivity contribution in [3.05, 3.63) is 58.6 Å². The van der Waals surface area contributed by atoms with Gasteiger partial charge in [0.2, 0.25) is 12.2 Å². The molecule has 25 heavy (non-hydrogen) atoms. The van der Waals surface area contributed by atoms with Gasteiger partial charge in [0.25, 0.3) is 5.91 Å². The van der Waals surface area contributed by atoms with Crippen LogP contribution in [0.1, 0.15) is 17.3 Å². The van der Waals surface area contributed by atoms with Crippen LogP contribution in [0.25, 0.3) is 10.9 Å². The Morgan fingerprint density at radius 2 is 2.12 bits per heavy atom. The van der Waals surface area contributed by atoms with Crippen molar-refractivity contribution in [3.8, 4) is 11.5 Å². The van der Waals surface area contributed by atoms with Gasteiger partial charge in [-0.15, -0.1) is 0 Å². The summed E-state index contributed by atoms with van der Waals surface area (Å²) in [6, 6.07) is 6.82. The minimum Gasteiger partial charge on any atom is -0.454 e. The van der Waals surface area contributed by atoms with E-state index in [1.807, 2.05) is 11.5 Å². The van der Waals surface area contributed by atoms with Crippen molar-refractivity contribution >= 4 is 22.5 Å². The Labute approximate surface area is 142 Å². The largest absolute Gasteiger partial charge is 0.454 e. The first kappa shape index (κ1) is 15.2. The number of rotatable bonds is 3. The van der Waals surface area contributed by atoms with Crippen LogP contribution in [0.2, 0.25) is 0 Å². The molecule has 7 heteroatoms. The van der Waals surface area contributed by atoms with Gasteiger partial charge >= 0.3 is 0 Å². The highest BCUT2D eigenvalue weighted by Crippen LogP contribution is 2.35. The minimum absolute atomic E-state index is 0.0667. The topological polar surface area (TPSA) is 82.5 Å². The van der Waals surface area contributed by atoms with Crippen LogP contribution in [0, 0.1) is 0 Å². The normalized spacial score (nSPS) is 12.4. The van der Waals surface area contributed by atoms with Gasteiger partial charge in [0.15, 0.2) is 11.5 Å². The van der Waals surface area contributed by atoms with Crippen LogP contribution in [0.15, 0.2) is 47.7 Å². The van der Waals surface area contributed by atoms with E-state index in [0.717, 1.165) is 0 Å². The lowest BCUT2D eigenvalue weighted by molar-refractivity contribution is 0.102. The fourth-order valence-corrected chi connectivity index (χ4v) is 2.84. The van der Waals surface area contributed by atoms with E-state index in [1.165, 1.54) is 6.20 Å². The molecule has 1 N–H and O–H groups in total. The highest BCUT2D eigenvalue weighted by molar-refractivity contribution is 6.05. The van der Waals surface area contributed by atoms with Gasteiger partial charge in [-0.3, -0.25) is 14.6 Å². The first-order valence-corrected chi connectivity index (χ1v) is 7.85. The average molecular weight is 337 g/mol. The summed E-state index contributed by atoms with van der Waals surface area (Å²) < 4.78 is 12.6. The number of amides is 1. The number of carbonyl (C=O) groups is 1. The molecule has 0 atom stereocenters. The van der Waals surface area contributed by atoms with Crippen molar-refractivity contribution in [2.75, 3.05) is 12.1 Å². The number of ether oxygens (including phenoxy) is 2. The van der Waals surface area contributed by atoms with Crippen LogP contribution in [-0.4, -0.2) is 22.3 Å². The van der Waals surface area contributed by atoms with Gasteiger partial charge in [0.05, 0.1) is 22.8 Å². The lowest BCUT2D eigenvalue weighted by atomic mass is 10.1. The van der Waals surface area contributed by atoms with Crippen molar-refractivity contribution in [2.24, 2.45) is 0 Å². The summed E-state index contributed by atoms with van der Waals surface area (Å²) in [5, 5.41) is 3.12. The number of hydrogen-bond acceptors (Lipinski definition) is 5. The van der Waals surface area contributed by atoms with E-state index in [0.29, 0.717) is 34.6 Å². The number of aromatic nitrogens is 2. The summed E-state index contributed by atoms with van der Waals surface area (Å²) >= 11 is 0. The van der Waals surface area contributed by atoms with Gasteiger partial charge in [0.1, 0.15) is 5.56 Å². The van der Waals surface area contributed by atoms with Gasteiger partial charge in [-0.1, -0.05) is 0 Å². The highest BCUT2D eigenvalue weighted by Gasteiger charge is 2.20. The van der Waals surface area contributed by atoms with Gasteiger partial charge < -0.3 is 19.4 Å². The number of fused-ring (bicyclic) bond motifs is 2. The molecular formula is C18H15N3O4. The maximum atomic E-state index is 12.8. The number of benzene rings is 1. The molecule has 1 aromatic carbocycles. The number of carbonyl (C=O) groups excluding carboxylic acids is 1. The quantitative estimate of drug-likeness (QED) is 0.793. The number of anilines is 1. The summed E-state index contributed by atoms with van der Waals surface area (Å²) in [5.74, 6) is 0.637. The fraction of sp³-hybridized carbons (Fsp3) is 0.167. The van der Waals surface area contributed by atoms with Crippen molar-refractivity contribution in [1.82, 2.24) is 9.55 Å². The molecule has 0 saturated carbocycles. The third-order valence-corrected chi connectivity index (χ3v) is 4.08. The second kappa shape index (κ2) is 5.94. The van der Waals surface area contributed by atoms with Crippen LogP contribution in [0.3, 0.4) is 0 Å². The number of nitrogens with zero attached hydrogens (tertiary/aromatic N) is 2. The number of nitrogens with one attached hydrogen (secondary N) is 1. The van der Waals surface area contributed by atoms with Crippen LogP contribution in [-0.2, 0) is 6.54 Å². The predicted octanol–water partition coefficient (Wildman–Crippen LogP) is 2.40. The second-order valence-electron chi connectivity index (χ2n) is 5.58. The van der Waals surface area contributed by atoms with E-state index in [2.05, 4.69) is 10.3 Å². The lowest BCUT2D eigenvalue weighted by Crippen LogP contribution is -2.23. The van der Waals surface area contributed by atoms with Crippen molar-refractivity contribution in [3.63, 3.8) is 0 Å². The number of aryl methyl sites for hydroxylation is 1. The molecule has 0 unspecified atom stereocenters. The molecular weight excluding hydrogens is 322 g/mol. The molecule has 1 amide bonds. The maximum absolute atomic E-state index is 12.8. The van der Waals surface area contributed by atoms with Gasteiger partial charge in [-0.05, 0) is 25.1 Å². The van der Waals surface area contributed by atoms with E-state index in [-0.39, 0.29) is 17.8 Å². The summed E-state index contributed by atoms with van der Waals surface area (Å²) in [6.45, 7) is 2.67. The van der Waals surface area contributed by atoms with Gasteiger partial charge in [0, 0.05) is 25.0 Å². The minimum atomic E-state index is -0.472. The zero-order valence-corrected chi connectivity index (χ0v) is 13.5. The molecule has 0 fully saturated rings. The standard InChI is InChI=1S/C18H15N3O4/c1-2-21-9-13(18(23)20-11-4-3-5-19-8-11)17(22)12-6-15-16(7-14(12)21)25-10-24-15/h3-9H,2,10H2,1H3,(H,20,23). The Hall–Kier alpha value is -3.35. The summed E-state index contributed by atoms with van der Waals surface area (Å²) in [4.78, 5) is 29.4. The first-order valence-electron chi connectivity index (χ1n) is 7.85. The third-order valence-electron chi connectivity index (χ3n) is 4.08. The molecule has 2 aromatic heterocycles. The Balaban J connectivity index is 1.84. The molecule has 0 aliphatic carbocycles. The summed E-state index contributed by atoms with van der Waals surface area (Å²) in [5.41, 5.74) is 0.951. The molecule has 7 nitrogen and oxygen atoms in total. The molecule has 3 heterocycles. The first-order chi connectivity index (χ1) is 12.2. The SMILES string of the molecule is CCn1cc(C(=O)Nc2cccnc2)c(=O)c2cc3c(cc21)OCO3. The van der Waals surface area contributed by atoms with E-state index < -0.39 is 5.91 Å². The molecule has 3 aromatic rings. The molecule has 0 bridgehead atoms.